The molecular weight excluding hydrogens is 424 g/mol. The Hall–Kier alpha value is -3.28. The Morgan fingerprint density at radius 2 is 1.85 bits per heavy atom. The van der Waals surface area contributed by atoms with Gasteiger partial charge in [0.05, 0.1) is 11.4 Å². The summed E-state index contributed by atoms with van der Waals surface area (Å²) in [6.07, 6.45) is 7.12. The standard InChI is InChI=1S/C28H32N4O2/c1-2-17-31-24-15-9-7-13-22(24)28(26(31)33)25-21(20-12-6-8-14-23(20)30-25)16-18-32(28)27(34)29-19-10-4-3-5-11-19/h6-9,12-15,19,30H,2-5,10-11,16-18H2,1H3,(H,29,34)/t28-/m1/s1. The smallest absolute Gasteiger partial charge is 0.319 e. The highest BCUT2D eigenvalue weighted by Crippen LogP contribution is 2.52. The highest BCUT2D eigenvalue weighted by atomic mass is 16.2. The van der Waals surface area contributed by atoms with Gasteiger partial charge in [-0.2, -0.15) is 0 Å². The predicted octanol–water partition coefficient (Wildman–Crippen LogP) is 5.07. The zero-order valence-electron chi connectivity index (χ0n) is 19.8. The Morgan fingerprint density at radius 1 is 1.09 bits per heavy atom. The van der Waals surface area contributed by atoms with Crippen LogP contribution in [0, 0.1) is 0 Å². The molecule has 3 heterocycles. The maximum atomic E-state index is 14.5. The number of benzene rings is 2. The molecule has 6 nitrogen and oxygen atoms in total. The van der Waals surface area contributed by atoms with Crippen molar-refractivity contribution < 1.29 is 9.59 Å². The first-order valence-corrected chi connectivity index (χ1v) is 12.8. The summed E-state index contributed by atoms with van der Waals surface area (Å²) in [5.74, 6) is -0.0261. The number of fused-ring (bicyclic) bond motifs is 6. The second kappa shape index (κ2) is 8.19. The minimum absolute atomic E-state index is 0.0261. The lowest BCUT2D eigenvalue weighted by Gasteiger charge is -2.44. The van der Waals surface area contributed by atoms with E-state index in [9.17, 15) is 9.59 Å². The average Bonchev–Trinajstić information content (AvgIpc) is 3.36. The summed E-state index contributed by atoms with van der Waals surface area (Å²) in [5, 5.41) is 4.45. The number of aromatic nitrogens is 1. The van der Waals surface area contributed by atoms with Gasteiger partial charge in [0, 0.05) is 35.6 Å². The minimum atomic E-state index is -1.17. The van der Waals surface area contributed by atoms with Gasteiger partial charge in [0.15, 0.2) is 5.54 Å². The third-order valence-electron chi connectivity index (χ3n) is 7.93. The molecule has 1 fully saturated rings. The second-order valence-electron chi connectivity index (χ2n) is 9.89. The first-order chi connectivity index (χ1) is 16.7. The van der Waals surface area contributed by atoms with Gasteiger partial charge in [0.25, 0.3) is 5.91 Å². The largest absolute Gasteiger partial charge is 0.355 e. The van der Waals surface area contributed by atoms with Gasteiger partial charge in [0.2, 0.25) is 0 Å². The Balaban J connectivity index is 1.55. The molecule has 34 heavy (non-hydrogen) atoms. The molecule has 2 N–H and O–H groups in total. The van der Waals surface area contributed by atoms with Crippen molar-refractivity contribution in [2.75, 3.05) is 18.0 Å². The van der Waals surface area contributed by atoms with Gasteiger partial charge in [-0.05, 0) is 43.4 Å². The molecule has 0 unspecified atom stereocenters. The summed E-state index contributed by atoms with van der Waals surface area (Å²) in [6.45, 7) is 3.22. The van der Waals surface area contributed by atoms with Gasteiger partial charge in [-0.3, -0.25) is 4.79 Å². The van der Waals surface area contributed by atoms with Crippen molar-refractivity contribution in [2.24, 2.45) is 0 Å². The molecule has 1 spiro atoms. The molecule has 6 rings (SSSR count). The highest BCUT2D eigenvalue weighted by Gasteiger charge is 2.60. The SMILES string of the molecule is CCCN1C(=O)[C@@]2(c3ccccc31)c1[nH]c3ccccc3c1CCN2C(=O)NC1CCCCC1. The van der Waals surface area contributed by atoms with Crippen molar-refractivity contribution in [3.8, 4) is 0 Å². The number of hydrogen-bond acceptors (Lipinski definition) is 2. The average molecular weight is 457 g/mol. The lowest BCUT2D eigenvalue weighted by molar-refractivity contribution is -0.126. The van der Waals surface area contributed by atoms with Gasteiger partial charge >= 0.3 is 6.03 Å². The Labute approximate surface area is 200 Å². The van der Waals surface area contributed by atoms with Crippen LogP contribution in [0.1, 0.15) is 62.3 Å². The summed E-state index contributed by atoms with van der Waals surface area (Å²) >= 11 is 0. The number of carbonyl (C=O) groups is 2. The van der Waals surface area contributed by atoms with Gasteiger partial charge in [-0.1, -0.05) is 62.6 Å². The monoisotopic (exact) mass is 456 g/mol. The molecule has 3 aliphatic rings. The minimum Gasteiger partial charge on any atom is -0.355 e. The van der Waals surface area contributed by atoms with E-state index in [1.54, 1.807) is 0 Å². The van der Waals surface area contributed by atoms with Crippen LogP contribution in [0.25, 0.3) is 10.9 Å². The fourth-order valence-corrected chi connectivity index (χ4v) is 6.43. The Morgan fingerprint density at radius 3 is 2.68 bits per heavy atom. The van der Waals surface area contributed by atoms with Crippen LogP contribution in [0.3, 0.4) is 0 Å². The number of aromatic amines is 1. The fourth-order valence-electron chi connectivity index (χ4n) is 6.43. The number of para-hydroxylation sites is 2. The van der Waals surface area contributed by atoms with Crippen LogP contribution in [-0.4, -0.2) is 41.0 Å². The summed E-state index contributed by atoms with van der Waals surface area (Å²) in [5.41, 5.74) is 3.67. The topological polar surface area (TPSA) is 68.4 Å². The molecule has 0 bridgehead atoms. The number of anilines is 1. The van der Waals surface area contributed by atoms with Gasteiger partial charge in [-0.15, -0.1) is 0 Å². The normalized spacial score (nSPS) is 22.3. The third kappa shape index (κ3) is 2.93. The number of hydrogen-bond donors (Lipinski definition) is 2. The maximum Gasteiger partial charge on any atom is 0.319 e. The summed E-state index contributed by atoms with van der Waals surface area (Å²) in [7, 11) is 0. The van der Waals surface area contributed by atoms with Gasteiger partial charge in [0.1, 0.15) is 0 Å². The van der Waals surface area contributed by atoms with E-state index in [1.165, 1.54) is 6.42 Å². The molecule has 2 aromatic carbocycles. The van der Waals surface area contributed by atoms with E-state index < -0.39 is 5.54 Å². The van der Waals surface area contributed by atoms with E-state index in [1.807, 2.05) is 46.2 Å². The number of rotatable bonds is 3. The van der Waals surface area contributed by atoms with Crippen LogP contribution in [-0.2, 0) is 16.8 Å². The molecule has 1 saturated carbocycles. The van der Waals surface area contributed by atoms with E-state index in [2.05, 4.69) is 29.4 Å². The van der Waals surface area contributed by atoms with Crippen LogP contribution in [0.15, 0.2) is 48.5 Å². The quantitative estimate of drug-likeness (QED) is 0.578. The Bertz CT molecular complexity index is 1260. The lowest BCUT2D eigenvalue weighted by Crippen LogP contribution is -2.62. The van der Waals surface area contributed by atoms with Crippen molar-refractivity contribution in [3.63, 3.8) is 0 Å². The maximum absolute atomic E-state index is 14.5. The van der Waals surface area contributed by atoms with Gasteiger partial charge < -0.3 is 20.1 Å². The molecule has 1 aliphatic carbocycles. The van der Waals surface area contributed by atoms with E-state index in [4.69, 9.17) is 0 Å². The molecule has 2 aliphatic heterocycles. The molecular formula is C28H32N4O2. The second-order valence-corrected chi connectivity index (χ2v) is 9.89. The van der Waals surface area contributed by atoms with Crippen LogP contribution in [0.2, 0.25) is 0 Å². The highest BCUT2D eigenvalue weighted by molar-refractivity contribution is 6.12. The number of urea groups is 1. The summed E-state index contributed by atoms with van der Waals surface area (Å²) in [4.78, 5) is 35.7. The predicted molar refractivity (Wildman–Crippen MR) is 134 cm³/mol. The van der Waals surface area contributed by atoms with E-state index in [0.29, 0.717) is 13.1 Å². The first kappa shape index (κ1) is 21.3. The van der Waals surface area contributed by atoms with Crippen LogP contribution in [0.5, 0.6) is 0 Å². The molecule has 1 atom stereocenters. The van der Waals surface area contributed by atoms with Crippen molar-refractivity contribution in [1.29, 1.82) is 0 Å². The molecule has 0 radical (unpaired) electrons. The lowest BCUT2D eigenvalue weighted by atomic mass is 9.80. The molecule has 3 aromatic rings. The van der Waals surface area contributed by atoms with Crippen molar-refractivity contribution in [1.82, 2.24) is 15.2 Å². The fraction of sp³-hybridized carbons (Fsp3) is 0.429. The van der Waals surface area contributed by atoms with E-state index in [-0.39, 0.29) is 18.0 Å². The molecule has 176 valence electrons. The van der Waals surface area contributed by atoms with E-state index in [0.717, 1.165) is 71.9 Å². The molecule has 0 saturated heterocycles. The summed E-state index contributed by atoms with van der Waals surface area (Å²) < 4.78 is 0. The van der Waals surface area contributed by atoms with E-state index >= 15 is 0 Å². The van der Waals surface area contributed by atoms with Crippen molar-refractivity contribution in [2.45, 2.75) is 63.5 Å². The zero-order valence-corrected chi connectivity index (χ0v) is 19.8. The Kier molecular flexibility index (Phi) is 5.12. The van der Waals surface area contributed by atoms with Crippen molar-refractivity contribution >= 4 is 28.5 Å². The molecule has 6 heteroatoms. The number of carbonyl (C=O) groups excluding carboxylic acids is 2. The van der Waals surface area contributed by atoms with Crippen molar-refractivity contribution in [3.05, 3.63) is 65.4 Å². The number of nitrogens with zero attached hydrogens (tertiary/aromatic N) is 2. The number of H-pyrrole nitrogens is 1. The van der Waals surface area contributed by atoms with Crippen LogP contribution in [0.4, 0.5) is 10.5 Å². The van der Waals surface area contributed by atoms with Gasteiger partial charge in [-0.25, -0.2) is 4.79 Å². The third-order valence-corrected chi connectivity index (χ3v) is 7.93. The number of amides is 3. The van der Waals surface area contributed by atoms with Crippen LogP contribution >= 0.6 is 0 Å². The summed E-state index contributed by atoms with van der Waals surface area (Å²) in [6, 6.07) is 16.3. The first-order valence-electron chi connectivity index (χ1n) is 12.8. The van der Waals surface area contributed by atoms with Crippen LogP contribution < -0.4 is 10.2 Å². The number of nitrogens with one attached hydrogen (secondary N) is 2. The molecule has 1 aromatic heterocycles. The molecule has 3 amide bonds. The zero-order chi connectivity index (χ0) is 23.3.